The monoisotopic (exact) mass is 268 g/mol. The van der Waals surface area contributed by atoms with Gasteiger partial charge < -0.3 is 15.7 Å². The van der Waals surface area contributed by atoms with Crippen molar-refractivity contribution >= 4 is 11.9 Å². The third-order valence-electron chi connectivity index (χ3n) is 4.84. The molecule has 3 atom stereocenters. The molecule has 19 heavy (non-hydrogen) atoms. The molecule has 1 aliphatic carbocycles. The molecule has 108 valence electrons. The fourth-order valence-electron chi connectivity index (χ4n) is 3.43. The third kappa shape index (κ3) is 2.76. The summed E-state index contributed by atoms with van der Waals surface area (Å²) < 4.78 is 0. The van der Waals surface area contributed by atoms with E-state index >= 15 is 0 Å². The topological polar surface area (TPSA) is 83.6 Å². The lowest BCUT2D eigenvalue weighted by Crippen LogP contribution is -2.51. The predicted octanol–water partition coefficient (Wildman–Crippen LogP) is 1.22. The number of nitrogens with two attached hydrogens (primary N) is 1. The second kappa shape index (κ2) is 5.49. The SMILES string of the molecule is CCC1(C(=O)O)CCCN(C(=O)C2CCC(N)C2)C1. The van der Waals surface area contributed by atoms with E-state index in [1.54, 1.807) is 4.90 Å². The number of rotatable bonds is 3. The van der Waals surface area contributed by atoms with Gasteiger partial charge in [-0.2, -0.15) is 0 Å². The quantitative estimate of drug-likeness (QED) is 0.806. The Kier molecular flexibility index (Phi) is 4.13. The van der Waals surface area contributed by atoms with Gasteiger partial charge in [-0.05, 0) is 38.5 Å². The zero-order valence-corrected chi connectivity index (χ0v) is 11.6. The second-order valence-corrected chi connectivity index (χ2v) is 6.07. The minimum absolute atomic E-state index is 0.0106. The maximum atomic E-state index is 12.4. The van der Waals surface area contributed by atoms with Gasteiger partial charge in [0.1, 0.15) is 0 Å². The Labute approximate surface area is 114 Å². The molecule has 2 fully saturated rings. The van der Waals surface area contributed by atoms with Crippen LogP contribution in [0.2, 0.25) is 0 Å². The molecule has 3 unspecified atom stereocenters. The van der Waals surface area contributed by atoms with Crippen LogP contribution in [0.5, 0.6) is 0 Å². The lowest BCUT2D eigenvalue weighted by molar-refractivity contribution is -0.156. The second-order valence-electron chi connectivity index (χ2n) is 6.07. The largest absolute Gasteiger partial charge is 0.481 e. The molecule has 0 radical (unpaired) electrons. The number of amides is 1. The number of piperidine rings is 1. The molecule has 1 aliphatic heterocycles. The summed E-state index contributed by atoms with van der Waals surface area (Å²) >= 11 is 0. The van der Waals surface area contributed by atoms with Crippen LogP contribution in [0.1, 0.15) is 45.4 Å². The van der Waals surface area contributed by atoms with Crippen molar-refractivity contribution in [3.63, 3.8) is 0 Å². The molecular formula is C14H24N2O3. The first-order valence-corrected chi connectivity index (χ1v) is 7.26. The average Bonchev–Trinajstić information content (AvgIpc) is 2.84. The Morgan fingerprint density at radius 2 is 2.16 bits per heavy atom. The summed E-state index contributed by atoms with van der Waals surface area (Å²) in [5.74, 6) is -0.640. The molecule has 3 N–H and O–H groups in total. The molecule has 1 saturated carbocycles. The first-order valence-electron chi connectivity index (χ1n) is 7.26. The van der Waals surface area contributed by atoms with E-state index in [0.29, 0.717) is 25.9 Å². The van der Waals surface area contributed by atoms with Crippen LogP contribution in [0.15, 0.2) is 0 Å². The molecule has 1 heterocycles. The van der Waals surface area contributed by atoms with Crippen molar-refractivity contribution in [2.24, 2.45) is 17.1 Å². The Morgan fingerprint density at radius 3 is 2.68 bits per heavy atom. The number of aliphatic carboxylic acids is 1. The maximum Gasteiger partial charge on any atom is 0.311 e. The van der Waals surface area contributed by atoms with Crippen LogP contribution >= 0.6 is 0 Å². The lowest BCUT2D eigenvalue weighted by Gasteiger charge is -2.40. The number of carbonyl (C=O) groups excluding carboxylic acids is 1. The molecule has 1 saturated heterocycles. The van der Waals surface area contributed by atoms with Gasteiger partial charge >= 0.3 is 5.97 Å². The summed E-state index contributed by atoms with van der Waals surface area (Å²) in [7, 11) is 0. The molecule has 2 rings (SSSR count). The summed E-state index contributed by atoms with van der Waals surface area (Å²) in [5, 5.41) is 9.44. The Balaban J connectivity index is 2.04. The summed E-state index contributed by atoms with van der Waals surface area (Å²) in [5.41, 5.74) is 5.11. The van der Waals surface area contributed by atoms with Crippen molar-refractivity contribution in [1.29, 1.82) is 0 Å². The molecule has 0 spiro atoms. The van der Waals surface area contributed by atoms with Crippen LogP contribution in [0.3, 0.4) is 0 Å². The van der Waals surface area contributed by atoms with Gasteiger partial charge in [0.25, 0.3) is 0 Å². The lowest BCUT2D eigenvalue weighted by atomic mass is 9.77. The number of carboxylic acids is 1. The van der Waals surface area contributed by atoms with Crippen molar-refractivity contribution in [2.75, 3.05) is 13.1 Å². The molecule has 0 aromatic rings. The number of nitrogens with zero attached hydrogens (tertiary/aromatic N) is 1. The van der Waals surface area contributed by atoms with E-state index in [0.717, 1.165) is 25.7 Å². The molecule has 1 amide bonds. The zero-order chi connectivity index (χ0) is 14.0. The molecule has 0 aromatic heterocycles. The van der Waals surface area contributed by atoms with Gasteiger partial charge in [-0.3, -0.25) is 9.59 Å². The van der Waals surface area contributed by atoms with Gasteiger partial charge in [0.2, 0.25) is 5.91 Å². The van der Waals surface area contributed by atoms with Gasteiger partial charge in [0.15, 0.2) is 0 Å². The highest BCUT2D eigenvalue weighted by atomic mass is 16.4. The van der Waals surface area contributed by atoms with Crippen molar-refractivity contribution < 1.29 is 14.7 Å². The fourth-order valence-corrected chi connectivity index (χ4v) is 3.43. The van der Waals surface area contributed by atoms with Crippen LogP contribution in [0.4, 0.5) is 0 Å². The standard InChI is InChI=1S/C14H24N2O3/c1-2-14(13(18)19)6-3-7-16(9-14)12(17)10-4-5-11(15)8-10/h10-11H,2-9,15H2,1H3,(H,18,19). The number of carbonyl (C=O) groups is 2. The molecule has 5 heteroatoms. The van der Waals surface area contributed by atoms with Crippen molar-refractivity contribution in [3.05, 3.63) is 0 Å². The Hall–Kier alpha value is -1.10. The summed E-state index contributed by atoms with van der Waals surface area (Å²) in [6.07, 6.45) is 4.54. The molecular weight excluding hydrogens is 244 g/mol. The van der Waals surface area contributed by atoms with Crippen molar-refractivity contribution in [3.8, 4) is 0 Å². The highest BCUT2D eigenvalue weighted by Crippen LogP contribution is 2.35. The Morgan fingerprint density at radius 1 is 1.42 bits per heavy atom. The minimum atomic E-state index is -0.768. The smallest absolute Gasteiger partial charge is 0.311 e. The van der Waals surface area contributed by atoms with E-state index in [1.807, 2.05) is 6.92 Å². The van der Waals surface area contributed by atoms with E-state index in [9.17, 15) is 14.7 Å². The number of hydrogen-bond donors (Lipinski definition) is 2. The molecule has 0 bridgehead atoms. The normalized spacial score (nSPS) is 35.4. The predicted molar refractivity (Wildman–Crippen MR) is 71.5 cm³/mol. The highest BCUT2D eigenvalue weighted by molar-refractivity contribution is 5.81. The van der Waals surface area contributed by atoms with E-state index in [-0.39, 0.29) is 17.9 Å². The van der Waals surface area contributed by atoms with Gasteiger partial charge in [-0.25, -0.2) is 0 Å². The average molecular weight is 268 g/mol. The number of likely N-dealkylation sites (tertiary alicyclic amines) is 1. The van der Waals surface area contributed by atoms with Crippen LogP contribution < -0.4 is 5.73 Å². The molecule has 0 aromatic carbocycles. The molecule has 2 aliphatic rings. The van der Waals surface area contributed by atoms with Crippen LogP contribution in [-0.4, -0.2) is 41.0 Å². The first kappa shape index (κ1) is 14.3. The van der Waals surface area contributed by atoms with E-state index in [1.165, 1.54) is 0 Å². The summed E-state index contributed by atoms with van der Waals surface area (Å²) in [6.45, 7) is 2.95. The number of carboxylic acid groups (broad SMARTS) is 1. The first-order chi connectivity index (χ1) is 8.98. The number of hydrogen-bond acceptors (Lipinski definition) is 3. The van der Waals surface area contributed by atoms with Crippen LogP contribution in [0.25, 0.3) is 0 Å². The molecule has 5 nitrogen and oxygen atoms in total. The van der Waals surface area contributed by atoms with E-state index in [4.69, 9.17) is 5.73 Å². The van der Waals surface area contributed by atoms with Gasteiger partial charge in [-0.15, -0.1) is 0 Å². The highest BCUT2D eigenvalue weighted by Gasteiger charge is 2.43. The fraction of sp³-hybridized carbons (Fsp3) is 0.857. The third-order valence-corrected chi connectivity index (χ3v) is 4.84. The van der Waals surface area contributed by atoms with Crippen molar-refractivity contribution in [2.45, 2.75) is 51.5 Å². The van der Waals surface area contributed by atoms with Crippen LogP contribution in [-0.2, 0) is 9.59 Å². The van der Waals surface area contributed by atoms with Gasteiger partial charge in [0.05, 0.1) is 5.41 Å². The maximum absolute atomic E-state index is 12.4. The van der Waals surface area contributed by atoms with Crippen molar-refractivity contribution in [1.82, 2.24) is 4.90 Å². The summed E-state index contributed by atoms with van der Waals surface area (Å²) in [6, 6.07) is 0.133. The van der Waals surface area contributed by atoms with Gasteiger partial charge in [-0.1, -0.05) is 6.92 Å². The van der Waals surface area contributed by atoms with Gasteiger partial charge in [0, 0.05) is 25.0 Å². The minimum Gasteiger partial charge on any atom is -0.481 e. The van der Waals surface area contributed by atoms with E-state index < -0.39 is 11.4 Å². The van der Waals surface area contributed by atoms with Crippen LogP contribution in [0, 0.1) is 11.3 Å². The summed E-state index contributed by atoms with van der Waals surface area (Å²) in [4.78, 5) is 25.7. The van der Waals surface area contributed by atoms with E-state index in [2.05, 4.69) is 0 Å². The zero-order valence-electron chi connectivity index (χ0n) is 11.6. The Bertz CT molecular complexity index is 372.